The van der Waals surface area contributed by atoms with Gasteiger partial charge in [0.15, 0.2) is 0 Å². The predicted molar refractivity (Wildman–Crippen MR) is 81.3 cm³/mol. The average molecular weight is 342 g/mol. The number of carbonyl (C=O) groups excluding carboxylic acids is 4. The molecule has 1 rings (SSSR count). The van der Waals surface area contributed by atoms with Gasteiger partial charge in [0.05, 0.1) is 26.2 Å². The maximum absolute atomic E-state index is 11.5. The van der Waals surface area contributed by atoms with Crippen molar-refractivity contribution in [3.63, 3.8) is 0 Å². The highest BCUT2D eigenvalue weighted by atomic mass is 16.7. The molecule has 0 aromatic heterocycles. The Morgan fingerprint density at radius 3 is 2.33 bits per heavy atom. The van der Waals surface area contributed by atoms with Gasteiger partial charge in [0.2, 0.25) is 5.91 Å². The number of ether oxygens (including phenoxy) is 2. The summed E-state index contributed by atoms with van der Waals surface area (Å²) >= 11 is 0. The number of nitrogens with one attached hydrogen (secondary N) is 1. The standard InChI is InChI=1S/C15H22N2O7/c1-2-12(18)16-7-9-23-11-10-22-8-3-4-15(21)24-17-13(19)5-6-14(17)20/h2H,1,3-11H2,(H,16,18). The molecule has 1 aliphatic rings. The molecule has 1 N–H and O–H groups in total. The molecule has 0 saturated carbocycles. The Bertz CT molecular complexity index is 462. The van der Waals surface area contributed by atoms with Gasteiger partial charge >= 0.3 is 5.97 Å². The lowest BCUT2D eigenvalue weighted by Gasteiger charge is -2.12. The predicted octanol–water partition coefficient (Wildman–Crippen LogP) is -0.291. The molecule has 0 bridgehead atoms. The lowest BCUT2D eigenvalue weighted by Crippen LogP contribution is -2.32. The van der Waals surface area contributed by atoms with Crippen LogP contribution >= 0.6 is 0 Å². The summed E-state index contributed by atoms with van der Waals surface area (Å²) < 4.78 is 10.5. The number of hydrogen-bond donors (Lipinski definition) is 1. The van der Waals surface area contributed by atoms with Gasteiger partial charge in [-0.15, -0.1) is 5.06 Å². The van der Waals surface area contributed by atoms with E-state index in [1.54, 1.807) is 0 Å². The summed E-state index contributed by atoms with van der Waals surface area (Å²) in [6.07, 6.45) is 1.79. The molecule has 0 aliphatic carbocycles. The number of hydroxylamine groups is 2. The molecule has 1 fully saturated rings. The van der Waals surface area contributed by atoms with Crippen molar-refractivity contribution in [2.75, 3.05) is 33.0 Å². The van der Waals surface area contributed by atoms with E-state index in [4.69, 9.17) is 14.3 Å². The summed E-state index contributed by atoms with van der Waals surface area (Å²) in [5, 5.41) is 3.10. The molecule has 9 nitrogen and oxygen atoms in total. The lowest BCUT2D eigenvalue weighted by molar-refractivity contribution is -0.197. The van der Waals surface area contributed by atoms with Gasteiger partial charge in [-0.25, -0.2) is 4.79 Å². The number of nitrogens with zero attached hydrogens (tertiary/aromatic N) is 1. The maximum atomic E-state index is 11.5. The Morgan fingerprint density at radius 2 is 1.71 bits per heavy atom. The van der Waals surface area contributed by atoms with Crippen LogP contribution in [-0.4, -0.2) is 61.7 Å². The zero-order valence-electron chi connectivity index (χ0n) is 13.5. The van der Waals surface area contributed by atoms with Crippen molar-refractivity contribution in [3.05, 3.63) is 12.7 Å². The van der Waals surface area contributed by atoms with Crippen LogP contribution in [0, 0.1) is 0 Å². The normalized spacial score (nSPS) is 13.9. The van der Waals surface area contributed by atoms with Crippen molar-refractivity contribution < 1.29 is 33.5 Å². The molecule has 24 heavy (non-hydrogen) atoms. The zero-order chi connectivity index (χ0) is 17.8. The van der Waals surface area contributed by atoms with Crippen LogP contribution in [0.25, 0.3) is 0 Å². The molecule has 1 aliphatic heterocycles. The van der Waals surface area contributed by atoms with Gasteiger partial charge in [-0.05, 0) is 12.5 Å². The molecule has 1 saturated heterocycles. The minimum Gasteiger partial charge on any atom is -0.379 e. The second kappa shape index (κ2) is 11.3. The fourth-order valence-corrected chi connectivity index (χ4v) is 1.76. The molecule has 9 heteroatoms. The van der Waals surface area contributed by atoms with Crippen LogP contribution in [0.3, 0.4) is 0 Å². The van der Waals surface area contributed by atoms with Gasteiger partial charge in [-0.1, -0.05) is 6.58 Å². The second-order valence-corrected chi connectivity index (χ2v) is 4.87. The van der Waals surface area contributed by atoms with Crippen molar-refractivity contribution >= 4 is 23.7 Å². The third-order valence-electron chi connectivity index (χ3n) is 2.97. The fourth-order valence-electron chi connectivity index (χ4n) is 1.76. The molecular formula is C15H22N2O7. The molecule has 0 radical (unpaired) electrons. The number of amides is 3. The highest BCUT2D eigenvalue weighted by Gasteiger charge is 2.32. The van der Waals surface area contributed by atoms with E-state index < -0.39 is 17.8 Å². The van der Waals surface area contributed by atoms with Crippen LogP contribution in [0.4, 0.5) is 0 Å². The number of carbonyl (C=O) groups is 4. The Morgan fingerprint density at radius 1 is 1.08 bits per heavy atom. The Hall–Kier alpha value is -2.26. The van der Waals surface area contributed by atoms with Gasteiger partial charge < -0.3 is 19.6 Å². The van der Waals surface area contributed by atoms with Crippen LogP contribution in [0.2, 0.25) is 0 Å². The van der Waals surface area contributed by atoms with E-state index >= 15 is 0 Å². The quantitative estimate of drug-likeness (QED) is 0.295. The molecule has 0 unspecified atom stereocenters. The Labute approximate surface area is 139 Å². The van der Waals surface area contributed by atoms with Crippen molar-refractivity contribution in [2.45, 2.75) is 25.7 Å². The Kier molecular flexibility index (Phi) is 9.32. The number of imide groups is 1. The minimum atomic E-state index is -0.642. The summed E-state index contributed by atoms with van der Waals surface area (Å²) in [6, 6.07) is 0. The van der Waals surface area contributed by atoms with Gasteiger partial charge in [0.25, 0.3) is 11.8 Å². The third-order valence-corrected chi connectivity index (χ3v) is 2.97. The average Bonchev–Trinajstić information content (AvgIpc) is 2.88. The smallest absolute Gasteiger partial charge is 0.333 e. The van der Waals surface area contributed by atoms with Crippen molar-refractivity contribution in [2.24, 2.45) is 0 Å². The van der Waals surface area contributed by atoms with E-state index in [2.05, 4.69) is 11.9 Å². The van der Waals surface area contributed by atoms with Crippen LogP contribution in [-0.2, 0) is 33.5 Å². The molecule has 0 atom stereocenters. The van der Waals surface area contributed by atoms with Gasteiger partial charge in [0.1, 0.15) is 0 Å². The highest BCUT2D eigenvalue weighted by Crippen LogP contribution is 2.12. The molecular weight excluding hydrogens is 320 g/mol. The Balaban J connectivity index is 1.92. The van der Waals surface area contributed by atoms with E-state index in [-0.39, 0.29) is 25.2 Å². The second-order valence-electron chi connectivity index (χ2n) is 4.87. The molecule has 0 spiro atoms. The summed E-state index contributed by atoms with van der Waals surface area (Å²) in [7, 11) is 0. The van der Waals surface area contributed by atoms with Crippen molar-refractivity contribution in [1.29, 1.82) is 0 Å². The SMILES string of the molecule is C=CC(=O)NCCOCCOCCCC(=O)ON1C(=O)CCC1=O. The van der Waals surface area contributed by atoms with Gasteiger partial charge in [0, 0.05) is 26.0 Å². The van der Waals surface area contributed by atoms with E-state index in [9.17, 15) is 19.2 Å². The summed E-state index contributed by atoms with van der Waals surface area (Å²) in [5.74, 6) is -1.88. The minimum absolute atomic E-state index is 0.0471. The third kappa shape index (κ3) is 7.84. The highest BCUT2D eigenvalue weighted by molar-refractivity contribution is 6.01. The number of hydrogen-bond acceptors (Lipinski definition) is 7. The first-order valence-corrected chi connectivity index (χ1v) is 7.67. The maximum Gasteiger partial charge on any atom is 0.333 e. The molecule has 3 amide bonds. The van der Waals surface area contributed by atoms with Crippen molar-refractivity contribution in [3.8, 4) is 0 Å². The summed E-state index contributed by atoms with van der Waals surface area (Å²) in [4.78, 5) is 49.5. The van der Waals surface area contributed by atoms with Crippen LogP contribution in [0.15, 0.2) is 12.7 Å². The van der Waals surface area contributed by atoms with Crippen LogP contribution < -0.4 is 5.32 Å². The van der Waals surface area contributed by atoms with E-state index in [0.29, 0.717) is 44.5 Å². The first-order valence-electron chi connectivity index (χ1n) is 7.67. The topological polar surface area (TPSA) is 111 Å². The van der Waals surface area contributed by atoms with Crippen molar-refractivity contribution in [1.82, 2.24) is 10.4 Å². The summed E-state index contributed by atoms with van der Waals surface area (Å²) in [6.45, 7) is 5.13. The van der Waals surface area contributed by atoms with E-state index in [1.807, 2.05) is 0 Å². The van der Waals surface area contributed by atoms with E-state index in [0.717, 1.165) is 0 Å². The first-order chi connectivity index (χ1) is 11.5. The number of rotatable bonds is 12. The summed E-state index contributed by atoms with van der Waals surface area (Å²) in [5.41, 5.74) is 0. The first kappa shape index (κ1) is 19.8. The van der Waals surface area contributed by atoms with Gasteiger partial charge in [-0.2, -0.15) is 0 Å². The monoisotopic (exact) mass is 342 g/mol. The molecule has 134 valence electrons. The zero-order valence-corrected chi connectivity index (χ0v) is 13.5. The molecule has 0 aromatic carbocycles. The van der Waals surface area contributed by atoms with E-state index in [1.165, 1.54) is 6.08 Å². The fraction of sp³-hybridized carbons (Fsp3) is 0.600. The van der Waals surface area contributed by atoms with Gasteiger partial charge in [-0.3, -0.25) is 14.4 Å². The lowest BCUT2D eigenvalue weighted by atomic mass is 10.3. The largest absolute Gasteiger partial charge is 0.379 e. The molecule has 1 heterocycles. The van der Waals surface area contributed by atoms with Crippen LogP contribution in [0.1, 0.15) is 25.7 Å². The molecule has 0 aromatic rings. The van der Waals surface area contributed by atoms with Crippen LogP contribution in [0.5, 0.6) is 0 Å².